The number of nitrogens with one attached hydrogen (secondary N) is 1. The molecule has 1 aromatic carbocycles. The first-order chi connectivity index (χ1) is 12.2. The zero-order valence-electron chi connectivity index (χ0n) is 14.7. The summed E-state index contributed by atoms with van der Waals surface area (Å²) in [6.45, 7) is 5.09. The zero-order chi connectivity index (χ0) is 17.2. The summed E-state index contributed by atoms with van der Waals surface area (Å²) in [5.41, 5.74) is 2.12. The third kappa shape index (κ3) is 3.90. The van der Waals surface area contributed by atoms with Crippen LogP contribution in [0.5, 0.6) is 0 Å². The third-order valence-electron chi connectivity index (χ3n) is 4.33. The van der Waals surface area contributed by atoms with E-state index in [9.17, 15) is 0 Å². The molecule has 1 N–H and O–H groups in total. The first-order valence-electron chi connectivity index (χ1n) is 8.27. The molecule has 2 aromatic heterocycles. The molecule has 0 spiro atoms. The largest absolute Gasteiger partial charge is 0.337 e. The highest BCUT2D eigenvalue weighted by Gasteiger charge is 2.25. The molecule has 138 valence electrons. The van der Waals surface area contributed by atoms with E-state index < -0.39 is 0 Å². The fraction of sp³-hybridized carbons (Fsp3) is 0.438. The van der Waals surface area contributed by atoms with Gasteiger partial charge in [0.1, 0.15) is 6.54 Å². The lowest BCUT2D eigenvalue weighted by Gasteiger charge is -2.30. The van der Waals surface area contributed by atoms with E-state index in [1.165, 1.54) is 10.4 Å². The van der Waals surface area contributed by atoms with Crippen molar-refractivity contribution in [3.8, 4) is 11.4 Å². The lowest BCUT2D eigenvalue weighted by molar-refractivity contribution is 0.190. The number of hydrogen-bond acceptors (Lipinski definition) is 8. The molecule has 0 radical (unpaired) electrons. The minimum absolute atomic E-state index is 0. The number of aryl methyl sites for hydroxylation is 1. The van der Waals surface area contributed by atoms with Gasteiger partial charge in [-0.05, 0) is 19.2 Å². The first kappa shape index (κ1) is 18.4. The average molecular weight is 377 g/mol. The molecule has 0 aliphatic carbocycles. The predicted octanol–water partition coefficient (Wildman–Crippen LogP) is 1.08. The summed E-state index contributed by atoms with van der Waals surface area (Å²) in [7, 11) is 2.06. The van der Waals surface area contributed by atoms with E-state index in [2.05, 4.69) is 42.8 Å². The maximum absolute atomic E-state index is 5.36. The minimum Gasteiger partial charge on any atom is -0.337 e. The van der Waals surface area contributed by atoms with Gasteiger partial charge in [0.2, 0.25) is 11.7 Å². The molecular weight excluding hydrogens is 356 g/mol. The van der Waals surface area contributed by atoms with Crippen molar-refractivity contribution in [1.82, 2.24) is 40.6 Å². The van der Waals surface area contributed by atoms with Crippen molar-refractivity contribution in [1.29, 1.82) is 0 Å². The Hall–Kier alpha value is -2.36. The Morgan fingerprint density at radius 3 is 2.85 bits per heavy atom. The van der Waals surface area contributed by atoms with E-state index >= 15 is 0 Å². The SMILES string of the molecule is Cc1ccc(-c2nnn(Cc3nc(C4CNCCN4C)no3)n2)cc1.Cl. The van der Waals surface area contributed by atoms with Gasteiger partial charge in [0, 0.05) is 25.2 Å². The Labute approximate surface area is 157 Å². The van der Waals surface area contributed by atoms with Crippen LogP contribution in [0.2, 0.25) is 0 Å². The molecule has 1 aliphatic rings. The Bertz CT molecular complexity index is 846. The Morgan fingerprint density at radius 1 is 1.27 bits per heavy atom. The van der Waals surface area contributed by atoms with Crippen LogP contribution in [0, 0.1) is 6.92 Å². The fourth-order valence-electron chi connectivity index (χ4n) is 2.81. The van der Waals surface area contributed by atoms with Crippen molar-refractivity contribution in [2.24, 2.45) is 0 Å². The number of hydrogen-bond donors (Lipinski definition) is 1. The topological polar surface area (TPSA) is 97.8 Å². The number of tetrazole rings is 1. The maximum atomic E-state index is 5.36. The molecular formula is C16H21ClN8O. The molecule has 0 amide bonds. The molecule has 9 nitrogen and oxygen atoms in total. The standard InChI is InChI=1S/C16H20N8O.ClH/c1-11-3-5-12(6-4-11)15-19-22-24(20-15)10-14-18-16(21-25-14)13-9-17-7-8-23(13)2;/h3-6,13,17H,7-10H2,1-2H3;1H. The van der Waals surface area contributed by atoms with E-state index in [-0.39, 0.29) is 18.4 Å². The van der Waals surface area contributed by atoms with E-state index in [4.69, 9.17) is 4.52 Å². The van der Waals surface area contributed by atoms with Gasteiger partial charge in [0.15, 0.2) is 5.82 Å². The number of aromatic nitrogens is 6. The number of rotatable bonds is 4. The van der Waals surface area contributed by atoms with Crippen molar-refractivity contribution in [2.45, 2.75) is 19.5 Å². The third-order valence-corrected chi connectivity index (χ3v) is 4.33. The van der Waals surface area contributed by atoms with Gasteiger partial charge in [-0.15, -0.1) is 22.6 Å². The van der Waals surface area contributed by atoms with Crippen molar-refractivity contribution >= 4 is 12.4 Å². The summed E-state index contributed by atoms with van der Waals surface area (Å²) < 4.78 is 5.36. The van der Waals surface area contributed by atoms with Crippen LogP contribution in [-0.2, 0) is 6.54 Å². The van der Waals surface area contributed by atoms with E-state index in [0.717, 1.165) is 25.2 Å². The minimum atomic E-state index is 0. The van der Waals surface area contributed by atoms with Crippen LogP contribution in [0.25, 0.3) is 11.4 Å². The van der Waals surface area contributed by atoms with Crippen LogP contribution in [0.3, 0.4) is 0 Å². The summed E-state index contributed by atoms with van der Waals surface area (Å²) >= 11 is 0. The van der Waals surface area contributed by atoms with Crippen molar-refractivity contribution in [3.63, 3.8) is 0 Å². The van der Waals surface area contributed by atoms with Crippen LogP contribution < -0.4 is 5.32 Å². The number of likely N-dealkylation sites (N-methyl/N-ethyl adjacent to an activating group) is 1. The van der Waals surface area contributed by atoms with Crippen LogP contribution in [-0.4, -0.2) is 61.9 Å². The number of benzene rings is 1. The summed E-state index contributed by atoms with van der Waals surface area (Å²) in [4.78, 5) is 8.17. The molecule has 1 unspecified atom stereocenters. The molecule has 3 heterocycles. The van der Waals surface area contributed by atoms with Crippen LogP contribution >= 0.6 is 12.4 Å². The van der Waals surface area contributed by atoms with E-state index in [0.29, 0.717) is 24.1 Å². The van der Waals surface area contributed by atoms with Crippen molar-refractivity contribution < 1.29 is 4.52 Å². The Morgan fingerprint density at radius 2 is 2.08 bits per heavy atom. The zero-order valence-corrected chi connectivity index (χ0v) is 15.5. The number of nitrogens with zero attached hydrogens (tertiary/aromatic N) is 7. The summed E-state index contributed by atoms with van der Waals surface area (Å²) in [5, 5.41) is 20.0. The van der Waals surface area contributed by atoms with E-state index in [1.807, 2.05) is 31.2 Å². The van der Waals surface area contributed by atoms with Gasteiger partial charge in [0.05, 0.1) is 6.04 Å². The van der Waals surface area contributed by atoms with Gasteiger partial charge in [-0.25, -0.2) is 0 Å². The monoisotopic (exact) mass is 376 g/mol. The normalized spacial score (nSPS) is 17.8. The second-order valence-corrected chi connectivity index (χ2v) is 6.26. The molecule has 1 atom stereocenters. The fourth-order valence-corrected chi connectivity index (χ4v) is 2.81. The summed E-state index contributed by atoms with van der Waals surface area (Å²) in [6, 6.07) is 8.13. The van der Waals surface area contributed by atoms with Crippen LogP contribution in [0.4, 0.5) is 0 Å². The molecule has 1 fully saturated rings. The molecule has 1 aliphatic heterocycles. The lowest BCUT2D eigenvalue weighted by atomic mass is 10.1. The van der Waals surface area contributed by atoms with Gasteiger partial charge in [-0.2, -0.15) is 9.78 Å². The second kappa shape index (κ2) is 7.90. The smallest absolute Gasteiger partial charge is 0.250 e. The van der Waals surface area contributed by atoms with Gasteiger partial charge in [-0.1, -0.05) is 35.0 Å². The van der Waals surface area contributed by atoms with Gasteiger partial charge in [-0.3, -0.25) is 4.90 Å². The quantitative estimate of drug-likeness (QED) is 0.722. The molecule has 0 bridgehead atoms. The lowest BCUT2D eigenvalue weighted by Crippen LogP contribution is -2.44. The highest BCUT2D eigenvalue weighted by atomic mass is 35.5. The van der Waals surface area contributed by atoms with E-state index in [1.54, 1.807) is 0 Å². The molecule has 1 saturated heterocycles. The summed E-state index contributed by atoms with van der Waals surface area (Å²) in [6.07, 6.45) is 0. The second-order valence-electron chi connectivity index (χ2n) is 6.26. The Balaban J connectivity index is 0.00000196. The highest BCUT2D eigenvalue weighted by molar-refractivity contribution is 5.85. The van der Waals surface area contributed by atoms with Crippen LogP contribution in [0.15, 0.2) is 28.8 Å². The number of halogens is 1. The molecule has 26 heavy (non-hydrogen) atoms. The molecule has 10 heteroatoms. The highest BCUT2D eigenvalue weighted by Crippen LogP contribution is 2.18. The van der Waals surface area contributed by atoms with Crippen molar-refractivity contribution in [2.75, 3.05) is 26.7 Å². The average Bonchev–Trinajstić information content (AvgIpc) is 3.26. The van der Waals surface area contributed by atoms with Gasteiger partial charge >= 0.3 is 0 Å². The van der Waals surface area contributed by atoms with Crippen molar-refractivity contribution in [3.05, 3.63) is 41.5 Å². The van der Waals surface area contributed by atoms with Crippen LogP contribution in [0.1, 0.15) is 23.3 Å². The Kier molecular flexibility index (Phi) is 5.60. The molecule has 0 saturated carbocycles. The molecule has 4 rings (SSSR count). The molecule has 3 aromatic rings. The van der Waals surface area contributed by atoms with Gasteiger partial charge < -0.3 is 9.84 Å². The predicted molar refractivity (Wildman–Crippen MR) is 96.9 cm³/mol. The summed E-state index contributed by atoms with van der Waals surface area (Å²) in [5.74, 6) is 1.74. The number of piperazine rings is 1. The first-order valence-corrected chi connectivity index (χ1v) is 8.27. The maximum Gasteiger partial charge on any atom is 0.250 e. The van der Waals surface area contributed by atoms with Gasteiger partial charge in [0.25, 0.3) is 0 Å².